The van der Waals surface area contributed by atoms with Crippen LogP contribution in [0.2, 0.25) is 0 Å². The number of anilines is 2. The molecule has 0 radical (unpaired) electrons. The molecule has 0 aliphatic carbocycles. The molecule has 102 valence electrons. The highest BCUT2D eigenvalue weighted by atomic mass is 16.1. The van der Waals surface area contributed by atoms with Crippen LogP contribution in [0.1, 0.15) is 25.3 Å². The third-order valence-electron chi connectivity index (χ3n) is 4.48. The van der Waals surface area contributed by atoms with Gasteiger partial charge in [0.1, 0.15) is 0 Å². The maximum absolute atomic E-state index is 11.6. The van der Waals surface area contributed by atoms with Crippen molar-refractivity contribution in [2.45, 2.75) is 26.2 Å². The van der Waals surface area contributed by atoms with E-state index in [0.29, 0.717) is 0 Å². The van der Waals surface area contributed by atoms with Crippen molar-refractivity contribution in [2.24, 2.45) is 11.1 Å². The maximum atomic E-state index is 11.6. The number of primary amides is 1. The minimum absolute atomic E-state index is 0.182. The van der Waals surface area contributed by atoms with Gasteiger partial charge >= 0.3 is 0 Å². The van der Waals surface area contributed by atoms with E-state index in [0.717, 1.165) is 32.5 Å². The van der Waals surface area contributed by atoms with Gasteiger partial charge in [-0.25, -0.2) is 0 Å². The van der Waals surface area contributed by atoms with E-state index in [1.165, 1.54) is 23.4 Å². The van der Waals surface area contributed by atoms with Crippen LogP contribution in [-0.4, -0.2) is 25.5 Å². The highest BCUT2D eigenvalue weighted by Gasteiger charge is 2.39. The Hall–Kier alpha value is -1.71. The van der Waals surface area contributed by atoms with Gasteiger partial charge in [0, 0.05) is 31.0 Å². The zero-order valence-electron chi connectivity index (χ0n) is 11.4. The summed E-state index contributed by atoms with van der Waals surface area (Å²) in [5.74, 6) is -0.182. The van der Waals surface area contributed by atoms with Gasteiger partial charge in [-0.15, -0.1) is 0 Å². The minimum atomic E-state index is -0.384. The molecule has 3 rings (SSSR count). The molecule has 2 aliphatic heterocycles. The second kappa shape index (κ2) is 4.44. The normalized spacial score (nSPS) is 25.8. The van der Waals surface area contributed by atoms with Gasteiger partial charge in [-0.1, -0.05) is 6.07 Å². The Morgan fingerprint density at radius 3 is 3.05 bits per heavy atom. The zero-order chi connectivity index (χ0) is 13.5. The zero-order valence-corrected chi connectivity index (χ0v) is 11.4. The third-order valence-corrected chi connectivity index (χ3v) is 4.48. The molecule has 1 saturated heterocycles. The fraction of sp³-hybridized carbons (Fsp3) is 0.533. The van der Waals surface area contributed by atoms with E-state index in [-0.39, 0.29) is 11.3 Å². The van der Waals surface area contributed by atoms with Crippen LogP contribution >= 0.6 is 0 Å². The van der Waals surface area contributed by atoms with Crippen molar-refractivity contribution in [3.63, 3.8) is 0 Å². The van der Waals surface area contributed by atoms with Crippen LogP contribution in [0.25, 0.3) is 0 Å². The minimum Gasteiger partial charge on any atom is -0.385 e. The van der Waals surface area contributed by atoms with Crippen LogP contribution in [-0.2, 0) is 11.2 Å². The lowest BCUT2D eigenvalue weighted by Gasteiger charge is -2.28. The van der Waals surface area contributed by atoms with E-state index in [4.69, 9.17) is 5.73 Å². The number of benzene rings is 1. The quantitative estimate of drug-likeness (QED) is 0.850. The topological polar surface area (TPSA) is 58.4 Å². The van der Waals surface area contributed by atoms with Crippen molar-refractivity contribution in [3.8, 4) is 0 Å². The van der Waals surface area contributed by atoms with Gasteiger partial charge in [-0.3, -0.25) is 4.79 Å². The number of nitrogens with one attached hydrogen (secondary N) is 1. The van der Waals surface area contributed by atoms with Crippen molar-refractivity contribution in [2.75, 3.05) is 29.9 Å². The van der Waals surface area contributed by atoms with Gasteiger partial charge < -0.3 is 16.0 Å². The average molecular weight is 259 g/mol. The fourth-order valence-corrected chi connectivity index (χ4v) is 3.16. The summed E-state index contributed by atoms with van der Waals surface area (Å²) in [5.41, 5.74) is 9.06. The molecule has 0 spiro atoms. The summed E-state index contributed by atoms with van der Waals surface area (Å²) in [6, 6.07) is 6.40. The number of carbonyl (C=O) groups is 1. The number of rotatable bonds is 2. The Bertz CT molecular complexity index is 514. The molecule has 1 amide bonds. The molecular weight excluding hydrogens is 238 g/mol. The average Bonchev–Trinajstić information content (AvgIpc) is 2.82. The molecule has 1 aromatic rings. The van der Waals surface area contributed by atoms with Gasteiger partial charge in [-0.05, 0) is 43.9 Å². The van der Waals surface area contributed by atoms with Gasteiger partial charge in [-0.2, -0.15) is 0 Å². The smallest absolute Gasteiger partial charge is 0.225 e. The highest BCUT2D eigenvalue weighted by Crippen LogP contribution is 2.37. The summed E-state index contributed by atoms with van der Waals surface area (Å²) in [4.78, 5) is 13.9. The van der Waals surface area contributed by atoms with Crippen molar-refractivity contribution in [3.05, 3.63) is 23.8 Å². The lowest BCUT2D eigenvalue weighted by molar-refractivity contribution is -0.125. The maximum Gasteiger partial charge on any atom is 0.225 e. The van der Waals surface area contributed by atoms with E-state index >= 15 is 0 Å². The summed E-state index contributed by atoms with van der Waals surface area (Å²) in [7, 11) is 0. The van der Waals surface area contributed by atoms with E-state index in [1.54, 1.807) is 0 Å². The molecule has 3 N–H and O–H groups in total. The van der Waals surface area contributed by atoms with Crippen LogP contribution < -0.4 is 16.0 Å². The van der Waals surface area contributed by atoms with Crippen LogP contribution in [0.5, 0.6) is 0 Å². The molecule has 1 unspecified atom stereocenters. The number of carbonyl (C=O) groups excluding carboxylic acids is 1. The Kier molecular flexibility index (Phi) is 2.88. The first-order valence-electron chi connectivity index (χ1n) is 7.01. The second-order valence-corrected chi connectivity index (χ2v) is 5.93. The number of nitrogens with two attached hydrogens (primary N) is 1. The summed E-state index contributed by atoms with van der Waals surface area (Å²) in [6.07, 6.45) is 3.13. The Morgan fingerprint density at radius 1 is 1.47 bits per heavy atom. The first-order chi connectivity index (χ1) is 9.10. The monoisotopic (exact) mass is 259 g/mol. The SMILES string of the molecule is CC1(C(N)=O)CCN(c2cccc3c2CCCN3)C1. The first kappa shape index (κ1) is 12.3. The summed E-state index contributed by atoms with van der Waals surface area (Å²) >= 11 is 0. The van der Waals surface area contributed by atoms with Gasteiger partial charge in [0.25, 0.3) is 0 Å². The number of fused-ring (bicyclic) bond motifs is 1. The van der Waals surface area contributed by atoms with Gasteiger partial charge in [0.15, 0.2) is 0 Å². The molecule has 1 atom stereocenters. The largest absolute Gasteiger partial charge is 0.385 e. The fourth-order valence-electron chi connectivity index (χ4n) is 3.16. The van der Waals surface area contributed by atoms with Crippen molar-refractivity contribution in [1.82, 2.24) is 0 Å². The second-order valence-electron chi connectivity index (χ2n) is 5.93. The molecule has 0 bridgehead atoms. The predicted molar refractivity (Wildman–Crippen MR) is 77.4 cm³/mol. The van der Waals surface area contributed by atoms with Crippen LogP contribution in [0, 0.1) is 5.41 Å². The molecule has 0 saturated carbocycles. The third kappa shape index (κ3) is 2.05. The number of hydrogen-bond acceptors (Lipinski definition) is 3. The summed E-state index contributed by atoms with van der Waals surface area (Å²) in [6.45, 7) is 4.67. The van der Waals surface area contributed by atoms with Crippen LogP contribution in [0.3, 0.4) is 0 Å². The molecule has 4 nitrogen and oxygen atoms in total. The Morgan fingerprint density at radius 2 is 2.32 bits per heavy atom. The lowest BCUT2D eigenvalue weighted by atomic mass is 9.89. The molecule has 4 heteroatoms. The van der Waals surface area contributed by atoms with Crippen LogP contribution in [0.15, 0.2) is 18.2 Å². The molecule has 2 heterocycles. The van der Waals surface area contributed by atoms with E-state index < -0.39 is 0 Å². The Labute approximate surface area is 114 Å². The molecule has 1 fully saturated rings. The summed E-state index contributed by atoms with van der Waals surface area (Å²) in [5, 5.41) is 3.45. The van der Waals surface area contributed by atoms with Crippen LogP contribution in [0.4, 0.5) is 11.4 Å². The van der Waals surface area contributed by atoms with Crippen molar-refractivity contribution < 1.29 is 4.79 Å². The van der Waals surface area contributed by atoms with Gasteiger partial charge in [0.05, 0.1) is 5.41 Å². The molecule has 1 aromatic carbocycles. The first-order valence-corrected chi connectivity index (χ1v) is 7.01. The molecule has 0 aromatic heterocycles. The van der Waals surface area contributed by atoms with Crippen molar-refractivity contribution >= 4 is 17.3 Å². The molecular formula is C15H21N3O. The highest BCUT2D eigenvalue weighted by molar-refractivity contribution is 5.82. The van der Waals surface area contributed by atoms with E-state index in [9.17, 15) is 4.79 Å². The number of hydrogen-bond donors (Lipinski definition) is 2. The standard InChI is InChI=1S/C15H21N3O/c1-15(14(16)19)7-9-18(10-15)13-6-2-5-12-11(13)4-3-8-17-12/h2,5-6,17H,3-4,7-10H2,1H3,(H2,16,19). The Balaban J connectivity index is 1.90. The molecule has 19 heavy (non-hydrogen) atoms. The lowest BCUT2D eigenvalue weighted by Crippen LogP contribution is -2.37. The van der Waals surface area contributed by atoms with E-state index in [2.05, 4.69) is 28.4 Å². The number of amides is 1. The van der Waals surface area contributed by atoms with Crippen molar-refractivity contribution in [1.29, 1.82) is 0 Å². The van der Waals surface area contributed by atoms with Gasteiger partial charge in [0.2, 0.25) is 5.91 Å². The van der Waals surface area contributed by atoms with E-state index in [1.807, 2.05) is 6.92 Å². The number of nitrogens with zero attached hydrogens (tertiary/aromatic N) is 1. The predicted octanol–water partition coefficient (Wildman–Crippen LogP) is 1.75. The summed E-state index contributed by atoms with van der Waals surface area (Å²) < 4.78 is 0. The molecule has 2 aliphatic rings.